The van der Waals surface area contributed by atoms with Gasteiger partial charge in [0, 0.05) is 10.5 Å². The van der Waals surface area contributed by atoms with Gasteiger partial charge in [0.15, 0.2) is 0 Å². The predicted molar refractivity (Wildman–Crippen MR) is 66.6 cm³/mol. The quantitative estimate of drug-likeness (QED) is 0.905. The van der Waals surface area contributed by atoms with Crippen molar-refractivity contribution in [2.24, 2.45) is 11.7 Å². The van der Waals surface area contributed by atoms with Crippen molar-refractivity contribution in [2.75, 3.05) is 20.1 Å². The Bertz CT molecular complexity index is 383. The molecular formula is C12H16BrFN2. The third-order valence-electron chi connectivity index (χ3n) is 3.35. The van der Waals surface area contributed by atoms with Gasteiger partial charge in [0.05, 0.1) is 0 Å². The Morgan fingerprint density at radius 3 is 3.00 bits per heavy atom. The molecule has 2 atom stereocenters. The minimum Gasteiger partial charge on any atom is -0.330 e. The Kier molecular flexibility index (Phi) is 3.62. The number of rotatable bonds is 2. The average molecular weight is 287 g/mol. The van der Waals surface area contributed by atoms with Gasteiger partial charge in [0.1, 0.15) is 5.82 Å². The van der Waals surface area contributed by atoms with Crippen LogP contribution in [-0.4, -0.2) is 25.0 Å². The van der Waals surface area contributed by atoms with E-state index in [2.05, 4.69) is 27.9 Å². The van der Waals surface area contributed by atoms with E-state index in [1.54, 1.807) is 12.1 Å². The lowest BCUT2D eigenvalue weighted by atomic mass is 9.94. The van der Waals surface area contributed by atoms with Crippen molar-refractivity contribution in [3.8, 4) is 0 Å². The van der Waals surface area contributed by atoms with Crippen molar-refractivity contribution >= 4 is 15.9 Å². The van der Waals surface area contributed by atoms with E-state index >= 15 is 0 Å². The standard InChI is InChI=1S/C12H16BrFN2/c1-16-5-4-8(7-15)12(16)10-6-9(14)2-3-11(10)13/h2-3,6,8,12H,4-5,7,15H2,1H3. The van der Waals surface area contributed by atoms with Crippen LogP contribution in [0.3, 0.4) is 0 Å². The molecule has 1 aromatic rings. The van der Waals surface area contributed by atoms with E-state index in [0.29, 0.717) is 12.5 Å². The lowest BCUT2D eigenvalue weighted by Crippen LogP contribution is -2.25. The van der Waals surface area contributed by atoms with Gasteiger partial charge >= 0.3 is 0 Å². The summed E-state index contributed by atoms with van der Waals surface area (Å²) in [5.41, 5.74) is 6.79. The lowest BCUT2D eigenvalue weighted by Gasteiger charge is -2.25. The van der Waals surface area contributed by atoms with E-state index in [1.807, 2.05) is 0 Å². The Morgan fingerprint density at radius 1 is 1.56 bits per heavy atom. The number of halogens is 2. The van der Waals surface area contributed by atoms with E-state index in [-0.39, 0.29) is 11.9 Å². The molecule has 1 saturated heterocycles. The van der Waals surface area contributed by atoms with Gasteiger partial charge in [-0.2, -0.15) is 0 Å². The van der Waals surface area contributed by atoms with Gasteiger partial charge in [-0.05, 0) is 56.2 Å². The van der Waals surface area contributed by atoms with Crippen molar-refractivity contribution in [3.05, 3.63) is 34.1 Å². The second-order valence-corrected chi connectivity index (χ2v) is 5.23. The third-order valence-corrected chi connectivity index (χ3v) is 4.08. The van der Waals surface area contributed by atoms with Gasteiger partial charge in [-0.3, -0.25) is 4.90 Å². The molecule has 4 heteroatoms. The van der Waals surface area contributed by atoms with Gasteiger partial charge in [0.2, 0.25) is 0 Å². The highest BCUT2D eigenvalue weighted by Gasteiger charge is 2.33. The van der Waals surface area contributed by atoms with Crippen LogP contribution in [-0.2, 0) is 0 Å². The highest BCUT2D eigenvalue weighted by molar-refractivity contribution is 9.10. The van der Waals surface area contributed by atoms with Crippen molar-refractivity contribution in [3.63, 3.8) is 0 Å². The SMILES string of the molecule is CN1CCC(CN)C1c1cc(F)ccc1Br. The number of hydrogen-bond donors (Lipinski definition) is 1. The highest BCUT2D eigenvalue weighted by atomic mass is 79.9. The van der Waals surface area contributed by atoms with Gasteiger partial charge in [-0.25, -0.2) is 4.39 Å². The molecule has 0 saturated carbocycles. The molecular weight excluding hydrogens is 271 g/mol. The fourth-order valence-electron chi connectivity index (χ4n) is 2.51. The van der Waals surface area contributed by atoms with Crippen LogP contribution < -0.4 is 5.73 Å². The summed E-state index contributed by atoms with van der Waals surface area (Å²) in [6, 6.07) is 5.08. The first-order chi connectivity index (χ1) is 7.63. The Balaban J connectivity index is 2.37. The van der Waals surface area contributed by atoms with Crippen molar-refractivity contribution in [1.29, 1.82) is 0 Å². The first-order valence-electron chi connectivity index (χ1n) is 5.48. The third kappa shape index (κ3) is 2.14. The van der Waals surface area contributed by atoms with Crippen LogP contribution in [0.4, 0.5) is 4.39 Å². The number of likely N-dealkylation sites (tertiary alicyclic amines) is 1. The van der Waals surface area contributed by atoms with Crippen LogP contribution in [0.15, 0.2) is 22.7 Å². The maximum absolute atomic E-state index is 13.3. The lowest BCUT2D eigenvalue weighted by molar-refractivity contribution is 0.278. The molecule has 1 aliphatic heterocycles. The predicted octanol–water partition coefficient (Wildman–Crippen LogP) is 2.54. The van der Waals surface area contributed by atoms with Crippen LogP contribution in [0.25, 0.3) is 0 Å². The van der Waals surface area contributed by atoms with E-state index in [1.165, 1.54) is 6.07 Å². The van der Waals surface area contributed by atoms with Gasteiger partial charge < -0.3 is 5.73 Å². The summed E-state index contributed by atoms with van der Waals surface area (Å²) < 4.78 is 14.3. The number of benzene rings is 1. The number of nitrogens with zero attached hydrogens (tertiary/aromatic N) is 1. The molecule has 16 heavy (non-hydrogen) atoms. The smallest absolute Gasteiger partial charge is 0.123 e. The molecule has 0 aliphatic carbocycles. The van der Waals surface area contributed by atoms with Crippen LogP contribution in [0.1, 0.15) is 18.0 Å². The fourth-order valence-corrected chi connectivity index (χ4v) is 2.99. The molecule has 2 N–H and O–H groups in total. The van der Waals surface area contributed by atoms with Crippen LogP contribution in [0, 0.1) is 11.7 Å². The van der Waals surface area contributed by atoms with Crippen LogP contribution in [0.2, 0.25) is 0 Å². The van der Waals surface area contributed by atoms with E-state index in [0.717, 1.165) is 23.0 Å². The van der Waals surface area contributed by atoms with Crippen molar-refractivity contribution in [1.82, 2.24) is 4.90 Å². The van der Waals surface area contributed by atoms with E-state index in [9.17, 15) is 4.39 Å². The number of hydrogen-bond acceptors (Lipinski definition) is 2. The normalized spacial score (nSPS) is 26.2. The second kappa shape index (κ2) is 4.82. The summed E-state index contributed by atoms with van der Waals surface area (Å²) in [6.07, 6.45) is 1.08. The summed E-state index contributed by atoms with van der Waals surface area (Å²) in [5, 5.41) is 0. The summed E-state index contributed by atoms with van der Waals surface area (Å²) >= 11 is 3.49. The van der Waals surface area contributed by atoms with Crippen molar-refractivity contribution < 1.29 is 4.39 Å². The molecule has 1 aliphatic rings. The molecule has 1 fully saturated rings. The zero-order valence-electron chi connectivity index (χ0n) is 9.29. The van der Waals surface area contributed by atoms with Crippen LogP contribution >= 0.6 is 15.9 Å². The van der Waals surface area contributed by atoms with Gasteiger partial charge in [0.25, 0.3) is 0 Å². The molecule has 0 bridgehead atoms. The summed E-state index contributed by atoms with van der Waals surface area (Å²) in [4.78, 5) is 2.25. The zero-order chi connectivity index (χ0) is 11.7. The van der Waals surface area contributed by atoms with Gasteiger partial charge in [-0.15, -0.1) is 0 Å². The largest absolute Gasteiger partial charge is 0.330 e. The Morgan fingerprint density at radius 2 is 2.31 bits per heavy atom. The fraction of sp³-hybridized carbons (Fsp3) is 0.500. The maximum atomic E-state index is 13.3. The van der Waals surface area contributed by atoms with E-state index < -0.39 is 0 Å². The summed E-state index contributed by atoms with van der Waals surface area (Å²) in [5.74, 6) is 0.234. The Labute approximate surface area is 104 Å². The average Bonchev–Trinajstić information content (AvgIpc) is 2.63. The molecule has 2 nitrogen and oxygen atoms in total. The molecule has 1 aromatic carbocycles. The molecule has 0 amide bonds. The molecule has 0 aromatic heterocycles. The molecule has 2 rings (SSSR count). The van der Waals surface area contributed by atoms with Gasteiger partial charge in [-0.1, -0.05) is 15.9 Å². The topological polar surface area (TPSA) is 29.3 Å². The van der Waals surface area contributed by atoms with Crippen LogP contribution in [0.5, 0.6) is 0 Å². The minimum atomic E-state index is -0.186. The summed E-state index contributed by atoms with van der Waals surface area (Å²) in [7, 11) is 2.07. The Hall–Kier alpha value is -0.450. The molecule has 88 valence electrons. The zero-order valence-corrected chi connectivity index (χ0v) is 10.9. The molecule has 0 spiro atoms. The highest BCUT2D eigenvalue weighted by Crippen LogP contribution is 2.38. The molecule has 2 unspecified atom stereocenters. The van der Waals surface area contributed by atoms with Crippen molar-refractivity contribution in [2.45, 2.75) is 12.5 Å². The second-order valence-electron chi connectivity index (χ2n) is 4.38. The molecule has 0 radical (unpaired) electrons. The molecule has 1 heterocycles. The monoisotopic (exact) mass is 286 g/mol. The maximum Gasteiger partial charge on any atom is 0.123 e. The minimum absolute atomic E-state index is 0.186. The first-order valence-corrected chi connectivity index (χ1v) is 6.28. The summed E-state index contributed by atoms with van der Waals surface area (Å²) in [6.45, 7) is 1.67. The van der Waals surface area contributed by atoms with E-state index in [4.69, 9.17) is 5.73 Å². The number of nitrogens with two attached hydrogens (primary N) is 1. The first kappa shape index (κ1) is 12.0.